The Morgan fingerprint density at radius 3 is 2.88 bits per heavy atom. The monoisotopic (exact) mass is 243 g/mol. The van der Waals surface area contributed by atoms with Crippen LogP contribution in [0.4, 0.5) is 0 Å². The molecule has 4 heteroatoms. The van der Waals surface area contributed by atoms with E-state index in [0.717, 1.165) is 19.3 Å². The summed E-state index contributed by atoms with van der Waals surface area (Å²) in [7, 11) is 0. The highest BCUT2D eigenvalue weighted by Gasteiger charge is 2.32. The molecule has 1 aliphatic rings. The van der Waals surface area contributed by atoms with Crippen molar-refractivity contribution in [2.75, 3.05) is 13.1 Å². The fourth-order valence-corrected chi connectivity index (χ4v) is 2.49. The SMILES string of the molecule is CC1CCCC(O)(CNCC(=O)OC(C)C)C1. The molecule has 0 heterocycles. The average molecular weight is 243 g/mol. The highest BCUT2D eigenvalue weighted by molar-refractivity contribution is 5.71. The van der Waals surface area contributed by atoms with Crippen LogP contribution < -0.4 is 5.32 Å². The van der Waals surface area contributed by atoms with Gasteiger partial charge in [0.1, 0.15) is 0 Å². The summed E-state index contributed by atoms with van der Waals surface area (Å²) >= 11 is 0. The molecule has 0 spiro atoms. The molecule has 0 saturated heterocycles. The summed E-state index contributed by atoms with van der Waals surface area (Å²) in [6, 6.07) is 0. The molecule has 0 radical (unpaired) electrons. The molecule has 1 fully saturated rings. The second-order valence-electron chi connectivity index (χ2n) is 5.57. The fraction of sp³-hybridized carbons (Fsp3) is 0.923. The van der Waals surface area contributed by atoms with Crippen molar-refractivity contribution in [2.24, 2.45) is 5.92 Å². The van der Waals surface area contributed by atoms with Gasteiger partial charge in [-0.25, -0.2) is 0 Å². The number of esters is 1. The summed E-state index contributed by atoms with van der Waals surface area (Å²) in [6.07, 6.45) is 3.82. The molecular formula is C13H25NO3. The Morgan fingerprint density at radius 2 is 2.29 bits per heavy atom. The average Bonchev–Trinajstić information content (AvgIpc) is 2.15. The van der Waals surface area contributed by atoms with Crippen LogP contribution >= 0.6 is 0 Å². The Labute approximate surface area is 104 Å². The van der Waals surface area contributed by atoms with Crippen LogP contribution in [0.5, 0.6) is 0 Å². The third kappa shape index (κ3) is 5.50. The minimum absolute atomic E-state index is 0.0814. The van der Waals surface area contributed by atoms with Crippen molar-refractivity contribution in [1.29, 1.82) is 0 Å². The maximum atomic E-state index is 11.3. The van der Waals surface area contributed by atoms with E-state index < -0.39 is 5.60 Å². The van der Waals surface area contributed by atoms with Crippen molar-refractivity contribution < 1.29 is 14.6 Å². The number of carbonyl (C=O) groups excluding carboxylic acids is 1. The van der Waals surface area contributed by atoms with Crippen LogP contribution in [0.25, 0.3) is 0 Å². The number of rotatable bonds is 5. The van der Waals surface area contributed by atoms with Gasteiger partial charge in [0.05, 0.1) is 18.2 Å². The normalized spacial score (nSPS) is 29.4. The topological polar surface area (TPSA) is 58.6 Å². The summed E-state index contributed by atoms with van der Waals surface area (Å²) in [5, 5.41) is 13.3. The molecule has 4 nitrogen and oxygen atoms in total. The largest absolute Gasteiger partial charge is 0.462 e. The Morgan fingerprint density at radius 1 is 1.59 bits per heavy atom. The van der Waals surface area contributed by atoms with Crippen LogP contribution in [0.3, 0.4) is 0 Å². The molecule has 0 aliphatic heterocycles. The van der Waals surface area contributed by atoms with Gasteiger partial charge < -0.3 is 15.2 Å². The third-order valence-electron chi connectivity index (χ3n) is 3.16. The van der Waals surface area contributed by atoms with Gasteiger partial charge in [-0.3, -0.25) is 4.79 Å². The van der Waals surface area contributed by atoms with E-state index in [1.54, 1.807) is 0 Å². The summed E-state index contributed by atoms with van der Waals surface area (Å²) in [6.45, 7) is 6.47. The molecule has 0 aromatic heterocycles. The zero-order valence-corrected chi connectivity index (χ0v) is 11.2. The van der Waals surface area contributed by atoms with E-state index in [4.69, 9.17) is 4.74 Å². The van der Waals surface area contributed by atoms with E-state index in [9.17, 15) is 9.90 Å². The van der Waals surface area contributed by atoms with Crippen LogP contribution in [0, 0.1) is 5.92 Å². The van der Waals surface area contributed by atoms with Crippen molar-refractivity contribution in [3.05, 3.63) is 0 Å². The number of aliphatic hydroxyl groups is 1. The second-order valence-corrected chi connectivity index (χ2v) is 5.57. The van der Waals surface area contributed by atoms with Crippen molar-refractivity contribution >= 4 is 5.97 Å². The number of carbonyl (C=O) groups is 1. The highest BCUT2D eigenvalue weighted by Crippen LogP contribution is 2.31. The maximum absolute atomic E-state index is 11.3. The van der Waals surface area contributed by atoms with E-state index in [1.165, 1.54) is 6.42 Å². The predicted molar refractivity (Wildman–Crippen MR) is 66.7 cm³/mol. The van der Waals surface area contributed by atoms with Crippen molar-refractivity contribution in [3.8, 4) is 0 Å². The summed E-state index contributed by atoms with van der Waals surface area (Å²) in [5.74, 6) is 0.311. The molecule has 2 N–H and O–H groups in total. The van der Waals surface area contributed by atoms with Gasteiger partial charge in [-0.1, -0.05) is 19.8 Å². The number of nitrogens with one attached hydrogen (secondary N) is 1. The number of ether oxygens (including phenoxy) is 1. The molecule has 0 bridgehead atoms. The smallest absolute Gasteiger partial charge is 0.320 e. The second kappa shape index (κ2) is 6.36. The molecular weight excluding hydrogens is 218 g/mol. The van der Waals surface area contributed by atoms with Crippen LogP contribution in [0.2, 0.25) is 0 Å². The van der Waals surface area contributed by atoms with Gasteiger partial charge in [0, 0.05) is 6.54 Å². The van der Waals surface area contributed by atoms with Crippen LogP contribution in [-0.2, 0) is 9.53 Å². The molecule has 0 aromatic carbocycles. The van der Waals surface area contributed by atoms with Gasteiger partial charge in [-0.05, 0) is 32.6 Å². The highest BCUT2D eigenvalue weighted by atomic mass is 16.5. The minimum Gasteiger partial charge on any atom is -0.462 e. The van der Waals surface area contributed by atoms with Crippen molar-refractivity contribution in [1.82, 2.24) is 5.32 Å². The Kier molecular flexibility index (Phi) is 5.40. The Bertz CT molecular complexity index is 255. The van der Waals surface area contributed by atoms with E-state index in [0.29, 0.717) is 12.5 Å². The first-order valence-electron chi connectivity index (χ1n) is 6.54. The van der Waals surface area contributed by atoms with Gasteiger partial charge in [0.2, 0.25) is 0 Å². The summed E-state index contributed by atoms with van der Waals surface area (Å²) in [5.41, 5.74) is -0.643. The van der Waals surface area contributed by atoms with Gasteiger partial charge in [0.15, 0.2) is 0 Å². The third-order valence-corrected chi connectivity index (χ3v) is 3.16. The molecule has 2 atom stereocenters. The standard InChI is InChI=1S/C13H25NO3/c1-10(2)17-12(15)8-14-9-13(16)6-4-5-11(3)7-13/h10-11,14,16H,4-9H2,1-3H3. The minimum atomic E-state index is -0.643. The Balaban J connectivity index is 2.23. The number of hydrogen-bond donors (Lipinski definition) is 2. The predicted octanol–water partition coefficient (Wildman–Crippen LogP) is 1.47. The number of hydrogen-bond acceptors (Lipinski definition) is 4. The first kappa shape index (κ1) is 14.5. The molecule has 1 rings (SSSR count). The van der Waals surface area contributed by atoms with E-state index in [2.05, 4.69) is 12.2 Å². The van der Waals surface area contributed by atoms with Crippen LogP contribution in [0.1, 0.15) is 46.5 Å². The van der Waals surface area contributed by atoms with Gasteiger partial charge in [-0.15, -0.1) is 0 Å². The molecule has 1 saturated carbocycles. The Hall–Kier alpha value is -0.610. The molecule has 0 aromatic rings. The molecule has 17 heavy (non-hydrogen) atoms. The summed E-state index contributed by atoms with van der Waals surface area (Å²) < 4.78 is 5.01. The first-order valence-corrected chi connectivity index (χ1v) is 6.54. The lowest BCUT2D eigenvalue weighted by Gasteiger charge is -2.35. The lowest BCUT2D eigenvalue weighted by Crippen LogP contribution is -2.45. The fourth-order valence-electron chi connectivity index (χ4n) is 2.49. The molecule has 2 unspecified atom stereocenters. The van der Waals surface area contributed by atoms with Crippen LogP contribution in [-0.4, -0.2) is 35.9 Å². The van der Waals surface area contributed by atoms with E-state index in [1.807, 2.05) is 13.8 Å². The van der Waals surface area contributed by atoms with Gasteiger partial charge in [-0.2, -0.15) is 0 Å². The molecule has 0 amide bonds. The van der Waals surface area contributed by atoms with E-state index >= 15 is 0 Å². The van der Waals surface area contributed by atoms with Gasteiger partial charge in [0.25, 0.3) is 0 Å². The van der Waals surface area contributed by atoms with Crippen molar-refractivity contribution in [2.45, 2.75) is 58.2 Å². The van der Waals surface area contributed by atoms with Crippen molar-refractivity contribution in [3.63, 3.8) is 0 Å². The van der Waals surface area contributed by atoms with Crippen LogP contribution in [0.15, 0.2) is 0 Å². The summed E-state index contributed by atoms with van der Waals surface area (Å²) in [4.78, 5) is 11.3. The molecule has 1 aliphatic carbocycles. The quantitative estimate of drug-likeness (QED) is 0.718. The molecule has 100 valence electrons. The van der Waals surface area contributed by atoms with Gasteiger partial charge >= 0.3 is 5.97 Å². The maximum Gasteiger partial charge on any atom is 0.320 e. The lowest BCUT2D eigenvalue weighted by molar-refractivity contribution is -0.146. The zero-order valence-electron chi connectivity index (χ0n) is 11.2. The van der Waals surface area contributed by atoms with E-state index in [-0.39, 0.29) is 18.6 Å². The zero-order chi connectivity index (χ0) is 12.9. The first-order chi connectivity index (χ1) is 7.91. The lowest BCUT2D eigenvalue weighted by atomic mass is 9.79.